The summed E-state index contributed by atoms with van der Waals surface area (Å²) in [6, 6.07) is -0.831. The summed E-state index contributed by atoms with van der Waals surface area (Å²) in [6.07, 6.45) is 0.644. The number of hydrogen-bond donors (Lipinski definition) is 3. The van der Waals surface area contributed by atoms with Crippen molar-refractivity contribution in [2.75, 3.05) is 6.54 Å². The van der Waals surface area contributed by atoms with Crippen LogP contribution in [0.15, 0.2) is 0 Å². The van der Waals surface area contributed by atoms with Crippen LogP contribution in [0.5, 0.6) is 0 Å². The molecule has 7 nitrogen and oxygen atoms in total. The third-order valence-corrected chi connectivity index (χ3v) is 1.53. The first-order valence-electron chi connectivity index (χ1n) is 4.23. The number of hydrogen-bond acceptors (Lipinski definition) is 4. The first kappa shape index (κ1) is 13.1. The Bertz CT molecular complexity index is 253. The van der Waals surface area contributed by atoms with Gasteiger partial charge in [-0.05, 0) is 6.42 Å². The second kappa shape index (κ2) is 7.48. The number of carbonyl (C=O) groups excluding carboxylic acids is 3. The van der Waals surface area contributed by atoms with Gasteiger partial charge in [0.1, 0.15) is 6.29 Å². The number of rotatable bonds is 8. The Morgan fingerprint density at radius 3 is 2.47 bits per heavy atom. The summed E-state index contributed by atoms with van der Waals surface area (Å²) in [4.78, 5) is 41.4. The van der Waals surface area contributed by atoms with E-state index in [1.54, 1.807) is 0 Å². The Morgan fingerprint density at radius 1 is 1.33 bits per heavy atom. The molecule has 7 heteroatoms. The molecule has 0 spiro atoms. The van der Waals surface area contributed by atoms with E-state index in [0.717, 1.165) is 0 Å². The predicted octanol–water partition coefficient (Wildman–Crippen LogP) is -1.72. The number of carboxylic acid groups (broad SMARTS) is 1. The predicted molar refractivity (Wildman–Crippen MR) is 48.9 cm³/mol. The highest BCUT2D eigenvalue weighted by Crippen LogP contribution is 1.94. The third-order valence-electron chi connectivity index (χ3n) is 1.53. The SMILES string of the molecule is O=CNCC(=O)NC(C=O)CCC(=O)O. The van der Waals surface area contributed by atoms with Crippen molar-refractivity contribution in [1.29, 1.82) is 0 Å². The van der Waals surface area contributed by atoms with Crippen LogP contribution < -0.4 is 10.6 Å². The van der Waals surface area contributed by atoms with E-state index < -0.39 is 17.9 Å². The van der Waals surface area contributed by atoms with Crippen LogP contribution in [-0.4, -0.2) is 42.3 Å². The van der Waals surface area contributed by atoms with Crippen molar-refractivity contribution in [2.45, 2.75) is 18.9 Å². The zero-order valence-electron chi connectivity index (χ0n) is 7.93. The molecule has 0 rings (SSSR count). The van der Waals surface area contributed by atoms with Crippen molar-refractivity contribution in [3.05, 3.63) is 0 Å². The van der Waals surface area contributed by atoms with Crippen molar-refractivity contribution in [2.24, 2.45) is 0 Å². The Kier molecular flexibility index (Phi) is 6.52. The van der Waals surface area contributed by atoms with Crippen molar-refractivity contribution in [1.82, 2.24) is 10.6 Å². The van der Waals surface area contributed by atoms with Crippen molar-refractivity contribution in [3.63, 3.8) is 0 Å². The van der Waals surface area contributed by atoms with Gasteiger partial charge in [-0.25, -0.2) is 0 Å². The molecule has 0 aliphatic heterocycles. The summed E-state index contributed by atoms with van der Waals surface area (Å²) in [6.45, 7) is -0.235. The lowest BCUT2D eigenvalue weighted by atomic mass is 10.2. The van der Waals surface area contributed by atoms with Gasteiger partial charge in [-0.2, -0.15) is 0 Å². The summed E-state index contributed by atoms with van der Waals surface area (Å²) in [5.41, 5.74) is 0. The Morgan fingerprint density at radius 2 is 2.00 bits per heavy atom. The maximum Gasteiger partial charge on any atom is 0.303 e. The molecule has 0 saturated heterocycles. The van der Waals surface area contributed by atoms with E-state index in [0.29, 0.717) is 12.7 Å². The average molecular weight is 216 g/mol. The molecule has 3 N–H and O–H groups in total. The van der Waals surface area contributed by atoms with Gasteiger partial charge in [0.15, 0.2) is 0 Å². The first-order chi connectivity index (χ1) is 7.10. The van der Waals surface area contributed by atoms with Crippen molar-refractivity contribution >= 4 is 24.6 Å². The average Bonchev–Trinajstić information content (AvgIpc) is 2.20. The van der Waals surface area contributed by atoms with E-state index in [2.05, 4.69) is 10.6 Å². The smallest absolute Gasteiger partial charge is 0.303 e. The van der Waals surface area contributed by atoms with Gasteiger partial charge in [-0.1, -0.05) is 0 Å². The molecule has 0 radical (unpaired) electrons. The van der Waals surface area contributed by atoms with E-state index in [1.807, 2.05) is 0 Å². The van der Waals surface area contributed by atoms with Crippen LogP contribution in [0.25, 0.3) is 0 Å². The molecule has 1 atom stereocenters. The van der Waals surface area contributed by atoms with Crippen LogP contribution in [0.4, 0.5) is 0 Å². The molecule has 0 saturated carbocycles. The second-order valence-electron chi connectivity index (χ2n) is 2.74. The van der Waals surface area contributed by atoms with Gasteiger partial charge in [-0.15, -0.1) is 0 Å². The molecule has 84 valence electrons. The van der Waals surface area contributed by atoms with E-state index in [9.17, 15) is 19.2 Å². The molecule has 0 aliphatic rings. The van der Waals surface area contributed by atoms with Gasteiger partial charge in [0.05, 0.1) is 12.6 Å². The van der Waals surface area contributed by atoms with E-state index >= 15 is 0 Å². The number of carbonyl (C=O) groups is 4. The van der Waals surface area contributed by atoms with Gasteiger partial charge < -0.3 is 20.5 Å². The third kappa shape index (κ3) is 7.17. The highest BCUT2D eigenvalue weighted by Gasteiger charge is 2.12. The normalized spacial score (nSPS) is 11.2. The summed E-state index contributed by atoms with van der Waals surface area (Å²) in [7, 11) is 0. The summed E-state index contributed by atoms with van der Waals surface area (Å²) in [5, 5.41) is 12.7. The fraction of sp³-hybridized carbons (Fsp3) is 0.500. The van der Waals surface area contributed by atoms with Crippen LogP contribution in [0.2, 0.25) is 0 Å². The fourth-order valence-electron chi connectivity index (χ4n) is 0.845. The topological polar surface area (TPSA) is 113 Å². The Labute approximate surface area is 85.8 Å². The van der Waals surface area contributed by atoms with Gasteiger partial charge in [0, 0.05) is 6.42 Å². The molecule has 0 heterocycles. The second-order valence-corrected chi connectivity index (χ2v) is 2.74. The van der Waals surface area contributed by atoms with E-state index in [4.69, 9.17) is 5.11 Å². The molecular formula is C8H12N2O5. The molecule has 0 bridgehead atoms. The summed E-state index contributed by atoms with van der Waals surface area (Å²) >= 11 is 0. The molecule has 0 aromatic carbocycles. The Balaban J connectivity index is 3.86. The van der Waals surface area contributed by atoms with E-state index in [1.165, 1.54) is 0 Å². The highest BCUT2D eigenvalue weighted by molar-refractivity contribution is 5.82. The molecule has 1 unspecified atom stereocenters. The van der Waals surface area contributed by atoms with Gasteiger partial charge in [0.2, 0.25) is 12.3 Å². The highest BCUT2D eigenvalue weighted by atomic mass is 16.4. The number of amides is 2. The number of nitrogens with one attached hydrogen (secondary N) is 2. The van der Waals surface area contributed by atoms with Gasteiger partial charge in [-0.3, -0.25) is 14.4 Å². The minimum atomic E-state index is -1.04. The van der Waals surface area contributed by atoms with Crippen LogP contribution in [0, 0.1) is 0 Å². The lowest BCUT2D eigenvalue weighted by molar-refractivity contribution is -0.137. The maximum atomic E-state index is 11.0. The van der Waals surface area contributed by atoms with Crippen LogP contribution in [0.3, 0.4) is 0 Å². The molecule has 0 fully saturated rings. The first-order valence-corrected chi connectivity index (χ1v) is 4.23. The van der Waals surface area contributed by atoms with E-state index in [-0.39, 0.29) is 19.4 Å². The van der Waals surface area contributed by atoms with Crippen molar-refractivity contribution < 1.29 is 24.3 Å². The zero-order chi connectivity index (χ0) is 11.7. The van der Waals surface area contributed by atoms with Crippen LogP contribution in [-0.2, 0) is 19.2 Å². The standard InChI is InChI=1S/C8H12N2O5/c11-4-6(1-2-8(14)15)10-7(13)3-9-5-12/h4-6H,1-3H2,(H,9,12)(H,10,13)(H,14,15). The maximum absolute atomic E-state index is 11.0. The van der Waals surface area contributed by atoms with Gasteiger partial charge >= 0.3 is 5.97 Å². The summed E-state index contributed by atoms with van der Waals surface area (Å²) in [5.74, 6) is -1.58. The minimum Gasteiger partial charge on any atom is -0.481 e. The monoisotopic (exact) mass is 216 g/mol. The molecular weight excluding hydrogens is 204 g/mol. The van der Waals surface area contributed by atoms with Gasteiger partial charge in [0.25, 0.3) is 0 Å². The molecule has 15 heavy (non-hydrogen) atoms. The lowest BCUT2D eigenvalue weighted by Crippen LogP contribution is -2.41. The number of carboxylic acids is 1. The molecule has 0 aromatic rings. The Hall–Kier alpha value is -1.92. The summed E-state index contributed by atoms with van der Waals surface area (Å²) < 4.78 is 0. The molecule has 0 aromatic heterocycles. The number of aldehydes is 1. The molecule has 0 aliphatic carbocycles. The lowest BCUT2D eigenvalue weighted by Gasteiger charge is -2.10. The number of aliphatic carboxylic acids is 1. The minimum absolute atomic E-state index is 0.0334. The van der Waals surface area contributed by atoms with Crippen LogP contribution >= 0.6 is 0 Å². The van der Waals surface area contributed by atoms with Crippen LogP contribution in [0.1, 0.15) is 12.8 Å². The zero-order valence-corrected chi connectivity index (χ0v) is 7.93. The largest absolute Gasteiger partial charge is 0.481 e. The fourth-order valence-corrected chi connectivity index (χ4v) is 0.845. The quantitative estimate of drug-likeness (QED) is 0.418. The van der Waals surface area contributed by atoms with Crippen molar-refractivity contribution in [3.8, 4) is 0 Å². The molecule has 2 amide bonds.